The number of hydrogen-bond acceptors (Lipinski definition) is 4. The summed E-state index contributed by atoms with van der Waals surface area (Å²) in [5, 5.41) is 2.93. The van der Waals surface area contributed by atoms with Crippen LogP contribution in [-0.2, 0) is 14.3 Å². The van der Waals surface area contributed by atoms with E-state index in [-0.39, 0.29) is 11.9 Å². The number of esters is 1. The summed E-state index contributed by atoms with van der Waals surface area (Å²) in [5.41, 5.74) is 5.68. The standard InChI is InChI=1S/C41H80N2O3/c1-3-5-7-9-11-13-15-17-19-21-23-25-27-29-31-33-38-46-41(45)39(35-34-37-42)43-40(44)36-32-30-28-26-24-22-20-18-16-14-12-10-8-6-4-2/h17,19,39H,3-16,18,20-38,42H2,1-2H3,(H,43,44)/t39-/m0/s1. The van der Waals surface area contributed by atoms with Gasteiger partial charge in [0.05, 0.1) is 6.61 Å². The zero-order valence-electron chi connectivity index (χ0n) is 31.1. The molecule has 1 atom stereocenters. The predicted octanol–water partition coefficient (Wildman–Crippen LogP) is 12.1. The molecule has 0 heterocycles. The lowest BCUT2D eigenvalue weighted by Gasteiger charge is -2.17. The molecule has 46 heavy (non-hydrogen) atoms. The van der Waals surface area contributed by atoms with Crippen LogP contribution in [0.5, 0.6) is 0 Å². The molecule has 0 saturated carbocycles. The Morgan fingerprint density at radius 1 is 0.543 bits per heavy atom. The first-order chi connectivity index (χ1) is 22.7. The van der Waals surface area contributed by atoms with Crippen LogP contribution in [-0.4, -0.2) is 31.1 Å². The smallest absolute Gasteiger partial charge is 0.328 e. The Labute approximate surface area is 287 Å². The first kappa shape index (κ1) is 44.6. The van der Waals surface area contributed by atoms with Crippen molar-refractivity contribution in [1.82, 2.24) is 5.32 Å². The van der Waals surface area contributed by atoms with Crippen LogP contribution >= 0.6 is 0 Å². The van der Waals surface area contributed by atoms with Gasteiger partial charge < -0.3 is 15.8 Å². The molecule has 0 aliphatic rings. The van der Waals surface area contributed by atoms with E-state index < -0.39 is 6.04 Å². The average Bonchev–Trinajstić information content (AvgIpc) is 3.06. The molecule has 5 heteroatoms. The maximum atomic E-state index is 12.7. The van der Waals surface area contributed by atoms with Gasteiger partial charge in [0.2, 0.25) is 5.91 Å². The normalized spacial score (nSPS) is 12.2. The number of hydrogen-bond donors (Lipinski definition) is 2. The molecule has 0 spiro atoms. The van der Waals surface area contributed by atoms with Crippen molar-refractivity contribution in [2.75, 3.05) is 13.2 Å². The summed E-state index contributed by atoms with van der Waals surface area (Å²) in [6.07, 6.45) is 43.7. The number of nitrogens with two attached hydrogens (primary N) is 1. The van der Waals surface area contributed by atoms with Crippen molar-refractivity contribution in [2.24, 2.45) is 5.73 Å². The van der Waals surface area contributed by atoms with E-state index in [9.17, 15) is 9.59 Å². The van der Waals surface area contributed by atoms with Gasteiger partial charge in [-0.25, -0.2) is 4.79 Å². The number of amides is 1. The van der Waals surface area contributed by atoms with Crippen molar-refractivity contribution in [3.05, 3.63) is 12.2 Å². The molecule has 3 N–H and O–H groups in total. The van der Waals surface area contributed by atoms with Crippen LogP contribution in [0.1, 0.15) is 219 Å². The van der Waals surface area contributed by atoms with Gasteiger partial charge in [0.15, 0.2) is 0 Å². The second-order valence-electron chi connectivity index (χ2n) is 13.9. The van der Waals surface area contributed by atoms with Crippen LogP contribution in [0, 0.1) is 0 Å². The minimum atomic E-state index is -0.568. The zero-order chi connectivity index (χ0) is 33.6. The summed E-state index contributed by atoms with van der Waals surface area (Å²) in [6.45, 7) is 5.49. The van der Waals surface area contributed by atoms with Gasteiger partial charge in [0.25, 0.3) is 0 Å². The average molecular weight is 649 g/mol. The molecule has 0 bridgehead atoms. The van der Waals surface area contributed by atoms with Gasteiger partial charge in [-0.3, -0.25) is 4.79 Å². The van der Waals surface area contributed by atoms with E-state index in [1.165, 1.54) is 161 Å². The molecule has 1 amide bonds. The maximum absolute atomic E-state index is 12.7. The molecular formula is C41H80N2O3. The second-order valence-corrected chi connectivity index (χ2v) is 13.9. The van der Waals surface area contributed by atoms with E-state index >= 15 is 0 Å². The number of nitrogens with one attached hydrogen (secondary N) is 1. The molecule has 0 aromatic rings. The molecule has 0 aliphatic carbocycles. The number of allylic oxidation sites excluding steroid dienone is 2. The lowest BCUT2D eigenvalue weighted by atomic mass is 10.0. The van der Waals surface area contributed by atoms with Gasteiger partial charge >= 0.3 is 5.97 Å². The van der Waals surface area contributed by atoms with E-state index in [1.54, 1.807) is 0 Å². The minimum absolute atomic E-state index is 0.0362. The largest absolute Gasteiger partial charge is 0.464 e. The third-order valence-electron chi connectivity index (χ3n) is 9.22. The summed E-state index contributed by atoms with van der Waals surface area (Å²) in [4.78, 5) is 25.2. The second kappa shape index (κ2) is 38.1. The van der Waals surface area contributed by atoms with Crippen LogP contribution < -0.4 is 11.1 Å². The number of ether oxygens (including phenoxy) is 1. The lowest BCUT2D eigenvalue weighted by Crippen LogP contribution is -2.42. The number of carbonyl (C=O) groups excluding carboxylic acids is 2. The molecule has 0 saturated heterocycles. The van der Waals surface area contributed by atoms with Gasteiger partial charge in [0, 0.05) is 6.42 Å². The summed E-state index contributed by atoms with van der Waals surface area (Å²) in [6, 6.07) is -0.568. The van der Waals surface area contributed by atoms with Crippen molar-refractivity contribution in [3.8, 4) is 0 Å². The summed E-state index contributed by atoms with van der Waals surface area (Å²) >= 11 is 0. The van der Waals surface area contributed by atoms with Crippen LogP contribution in [0.4, 0.5) is 0 Å². The van der Waals surface area contributed by atoms with E-state index in [4.69, 9.17) is 10.5 Å². The van der Waals surface area contributed by atoms with Crippen LogP contribution in [0.3, 0.4) is 0 Å². The van der Waals surface area contributed by atoms with Crippen LogP contribution in [0.2, 0.25) is 0 Å². The highest BCUT2D eigenvalue weighted by Gasteiger charge is 2.21. The zero-order valence-corrected chi connectivity index (χ0v) is 31.1. The molecule has 0 aromatic carbocycles. The highest BCUT2D eigenvalue weighted by Crippen LogP contribution is 2.14. The highest BCUT2D eigenvalue weighted by molar-refractivity contribution is 5.84. The first-order valence-corrected chi connectivity index (χ1v) is 20.5. The summed E-state index contributed by atoms with van der Waals surface area (Å²) in [5.74, 6) is -0.336. The van der Waals surface area contributed by atoms with E-state index in [2.05, 4.69) is 31.3 Å². The Hall–Kier alpha value is -1.36. The molecule has 272 valence electrons. The van der Waals surface area contributed by atoms with Gasteiger partial charge in [-0.05, 0) is 57.9 Å². The van der Waals surface area contributed by atoms with Gasteiger partial charge in [-0.2, -0.15) is 0 Å². The highest BCUT2D eigenvalue weighted by atomic mass is 16.5. The molecule has 5 nitrogen and oxygen atoms in total. The van der Waals surface area contributed by atoms with Crippen LogP contribution in [0.25, 0.3) is 0 Å². The van der Waals surface area contributed by atoms with Crippen LogP contribution in [0.15, 0.2) is 12.2 Å². The first-order valence-electron chi connectivity index (χ1n) is 20.5. The predicted molar refractivity (Wildman–Crippen MR) is 200 cm³/mol. The molecule has 0 aromatic heterocycles. The van der Waals surface area contributed by atoms with Crippen molar-refractivity contribution < 1.29 is 14.3 Å². The number of unbranched alkanes of at least 4 members (excludes halogenated alkanes) is 26. The SMILES string of the molecule is CCCCCCCCC=CCCCCCCCCOC(=O)[C@H](CCCN)NC(=O)CCCCCCCCCCCCCCCCC. The minimum Gasteiger partial charge on any atom is -0.464 e. The summed E-state index contributed by atoms with van der Waals surface area (Å²) in [7, 11) is 0. The molecule has 0 fully saturated rings. The maximum Gasteiger partial charge on any atom is 0.328 e. The molecule has 0 radical (unpaired) electrons. The fourth-order valence-electron chi connectivity index (χ4n) is 6.12. The van der Waals surface area contributed by atoms with Crippen molar-refractivity contribution in [1.29, 1.82) is 0 Å². The quantitative estimate of drug-likeness (QED) is 0.0399. The van der Waals surface area contributed by atoms with E-state index in [0.29, 0.717) is 32.4 Å². The van der Waals surface area contributed by atoms with Crippen molar-refractivity contribution in [2.45, 2.75) is 225 Å². The summed E-state index contributed by atoms with van der Waals surface area (Å²) < 4.78 is 5.55. The Balaban J connectivity index is 3.73. The number of carbonyl (C=O) groups is 2. The molecule has 0 rings (SSSR count). The third kappa shape index (κ3) is 34.0. The fraction of sp³-hybridized carbons (Fsp3) is 0.902. The fourth-order valence-corrected chi connectivity index (χ4v) is 6.12. The molecule has 0 unspecified atom stereocenters. The van der Waals surface area contributed by atoms with Gasteiger partial charge in [-0.15, -0.1) is 0 Å². The lowest BCUT2D eigenvalue weighted by molar-refractivity contribution is -0.148. The van der Waals surface area contributed by atoms with Crippen molar-refractivity contribution in [3.63, 3.8) is 0 Å². The van der Waals surface area contributed by atoms with Crippen molar-refractivity contribution >= 4 is 11.9 Å². The van der Waals surface area contributed by atoms with E-state index in [0.717, 1.165) is 25.7 Å². The molecule has 0 aliphatic heterocycles. The number of rotatable bonds is 37. The Morgan fingerprint density at radius 2 is 0.935 bits per heavy atom. The van der Waals surface area contributed by atoms with E-state index in [1.807, 2.05) is 0 Å². The third-order valence-corrected chi connectivity index (χ3v) is 9.22. The Kier molecular flexibility index (Phi) is 37.0. The Morgan fingerprint density at radius 3 is 1.37 bits per heavy atom. The molecular weight excluding hydrogens is 568 g/mol. The monoisotopic (exact) mass is 649 g/mol. The van der Waals surface area contributed by atoms with Gasteiger partial charge in [-0.1, -0.05) is 174 Å². The Bertz CT molecular complexity index is 666. The van der Waals surface area contributed by atoms with Gasteiger partial charge in [0.1, 0.15) is 6.04 Å². The topological polar surface area (TPSA) is 81.4 Å².